The number of nitrogens with zero attached hydrogens (tertiary/aromatic N) is 4. The molecule has 1 saturated heterocycles. The van der Waals surface area contributed by atoms with Gasteiger partial charge in [-0.15, -0.1) is 0 Å². The molecular formula is C13H20N4O3S. The van der Waals surface area contributed by atoms with Crippen LogP contribution in [0.15, 0.2) is 9.89 Å². The first-order chi connectivity index (χ1) is 9.89. The highest BCUT2D eigenvalue weighted by molar-refractivity contribution is 7.89. The van der Waals surface area contributed by atoms with E-state index in [1.54, 1.807) is 25.6 Å². The number of aliphatic imine (C=N–C) groups is 1. The van der Waals surface area contributed by atoms with Gasteiger partial charge in [0.15, 0.2) is 0 Å². The van der Waals surface area contributed by atoms with Crippen molar-refractivity contribution in [2.24, 2.45) is 12.0 Å². The fraction of sp³-hybridized carbons (Fsp3) is 0.692. The molecule has 0 amide bonds. The van der Waals surface area contributed by atoms with Gasteiger partial charge in [-0.3, -0.25) is 4.68 Å². The van der Waals surface area contributed by atoms with E-state index in [1.165, 1.54) is 10.4 Å². The molecule has 7 nitrogen and oxygen atoms in total. The van der Waals surface area contributed by atoms with Crippen molar-refractivity contribution in [2.75, 3.05) is 6.54 Å². The van der Waals surface area contributed by atoms with Gasteiger partial charge < -0.3 is 0 Å². The molecule has 0 bridgehead atoms. The average molecular weight is 312 g/mol. The SMILES string of the molecule is Cc1nn(C)c(C)c1S(=O)(=O)N1CCCCCC1N=C=O. The molecule has 2 heterocycles. The molecule has 0 N–H and O–H groups in total. The first kappa shape index (κ1) is 15.9. The summed E-state index contributed by atoms with van der Waals surface area (Å²) in [6.07, 6.45) is 3.94. The lowest BCUT2D eigenvalue weighted by atomic mass is 10.2. The van der Waals surface area contributed by atoms with Crippen LogP contribution < -0.4 is 0 Å². The van der Waals surface area contributed by atoms with Crippen molar-refractivity contribution in [3.05, 3.63) is 11.4 Å². The Balaban J connectivity index is 2.51. The van der Waals surface area contributed by atoms with Crippen molar-refractivity contribution < 1.29 is 13.2 Å². The zero-order valence-electron chi connectivity index (χ0n) is 12.5. The lowest BCUT2D eigenvalue weighted by Crippen LogP contribution is -2.39. The minimum Gasteiger partial charge on any atom is -0.271 e. The van der Waals surface area contributed by atoms with Crippen LogP contribution in [0.2, 0.25) is 0 Å². The molecule has 1 aromatic rings. The van der Waals surface area contributed by atoms with Gasteiger partial charge >= 0.3 is 0 Å². The van der Waals surface area contributed by atoms with E-state index in [1.807, 2.05) is 0 Å². The number of aryl methyl sites for hydroxylation is 2. The van der Waals surface area contributed by atoms with Crippen molar-refractivity contribution in [1.82, 2.24) is 14.1 Å². The molecule has 1 atom stereocenters. The van der Waals surface area contributed by atoms with E-state index in [4.69, 9.17) is 0 Å². The maximum absolute atomic E-state index is 13.0. The van der Waals surface area contributed by atoms with Gasteiger partial charge in [-0.05, 0) is 33.1 Å². The third-order valence-corrected chi connectivity index (χ3v) is 6.03. The molecule has 2 rings (SSSR count). The van der Waals surface area contributed by atoms with Crippen LogP contribution in [-0.4, -0.2) is 41.3 Å². The summed E-state index contributed by atoms with van der Waals surface area (Å²) in [4.78, 5) is 14.5. The standard InChI is InChI=1S/C13H20N4O3S/c1-10-13(11(2)16(3)15-10)21(19,20)17-8-6-4-5-7-12(17)14-9-18/h12H,4-8H2,1-3H3. The number of aromatic nitrogens is 2. The second kappa shape index (κ2) is 6.09. The second-order valence-electron chi connectivity index (χ2n) is 5.29. The zero-order chi connectivity index (χ0) is 15.6. The van der Waals surface area contributed by atoms with Crippen molar-refractivity contribution >= 4 is 16.1 Å². The zero-order valence-corrected chi connectivity index (χ0v) is 13.4. The molecule has 1 aliphatic rings. The molecule has 21 heavy (non-hydrogen) atoms. The van der Waals surface area contributed by atoms with Crippen LogP contribution in [0.3, 0.4) is 0 Å². The van der Waals surface area contributed by atoms with Crippen molar-refractivity contribution in [3.8, 4) is 0 Å². The lowest BCUT2D eigenvalue weighted by molar-refractivity contribution is 0.330. The van der Waals surface area contributed by atoms with Crippen LogP contribution in [0.25, 0.3) is 0 Å². The summed E-state index contributed by atoms with van der Waals surface area (Å²) < 4.78 is 28.8. The van der Waals surface area contributed by atoms with E-state index in [0.29, 0.717) is 24.4 Å². The smallest absolute Gasteiger partial charge is 0.248 e. The molecule has 1 fully saturated rings. The summed E-state index contributed by atoms with van der Waals surface area (Å²) in [6, 6.07) is 0. The largest absolute Gasteiger partial charge is 0.271 e. The van der Waals surface area contributed by atoms with Crippen molar-refractivity contribution in [2.45, 2.75) is 50.6 Å². The van der Waals surface area contributed by atoms with E-state index in [0.717, 1.165) is 19.3 Å². The minimum atomic E-state index is -3.72. The quantitative estimate of drug-likeness (QED) is 0.621. The van der Waals surface area contributed by atoms with E-state index >= 15 is 0 Å². The van der Waals surface area contributed by atoms with Gasteiger partial charge in [0.2, 0.25) is 16.1 Å². The summed E-state index contributed by atoms with van der Waals surface area (Å²) >= 11 is 0. The summed E-state index contributed by atoms with van der Waals surface area (Å²) in [6.45, 7) is 3.77. The predicted molar refractivity (Wildman–Crippen MR) is 77.0 cm³/mol. The Bertz CT molecular complexity index is 674. The van der Waals surface area contributed by atoms with Gasteiger partial charge in [-0.1, -0.05) is 6.42 Å². The Morgan fingerprint density at radius 3 is 2.57 bits per heavy atom. The summed E-state index contributed by atoms with van der Waals surface area (Å²) in [5.74, 6) is 0. The number of isocyanates is 1. The van der Waals surface area contributed by atoms with Crippen LogP contribution in [0.5, 0.6) is 0 Å². The van der Waals surface area contributed by atoms with Crippen molar-refractivity contribution in [1.29, 1.82) is 0 Å². The number of hydrogen-bond acceptors (Lipinski definition) is 5. The Morgan fingerprint density at radius 1 is 1.29 bits per heavy atom. The van der Waals surface area contributed by atoms with Gasteiger partial charge in [-0.2, -0.15) is 14.4 Å². The normalized spacial score (nSPS) is 20.8. The first-order valence-electron chi connectivity index (χ1n) is 6.98. The second-order valence-corrected chi connectivity index (χ2v) is 7.12. The summed E-state index contributed by atoms with van der Waals surface area (Å²) in [5.41, 5.74) is 1.05. The van der Waals surface area contributed by atoms with E-state index in [2.05, 4.69) is 10.1 Å². The molecule has 1 aromatic heterocycles. The lowest BCUT2D eigenvalue weighted by Gasteiger charge is -2.25. The Kier molecular flexibility index (Phi) is 4.61. The first-order valence-corrected chi connectivity index (χ1v) is 8.42. The topological polar surface area (TPSA) is 84.6 Å². The fourth-order valence-electron chi connectivity index (χ4n) is 2.78. The van der Waals surface area contributed by atoms with E-state index in [-0.39, 0.29) is 4.90 Å². The van der Waals surface area contributed by atoms with Gasteiger partial charge in [-0.25, -0.2) is 13.2 Å². The maximum Gasteiger partial charge on any atom is 0.248 e. The molecule has 8 heteroatoms. The Morgan fingerprint density at radius 2 is 2.00 bits per heavy atom. The highest BCUT2D eigenvalue weighted by Gasteiger charge is 2.36. The van der Waals surface area contributed by atoms with Crippen LogP contribution >= 0.6 is 0 Å². The summed E-state index contributed by atoms with van der Waals surface area (Å²) in [5, 5.41) is 4.17. The molecule has 0 radical (unpaired) electrons. The third-order valence-electron chi connectivity index (χ3n) is 3.88. The number of sulfonamides is 1. The maximum atomic E-state index is 13.0. The molecule has 0 aliphatic carbocycles. The predicted octanol–water partition coefficient (Wildman–Crippen LogP) is 1.26. The number of carbonyl (C=O) groups excluding carboxylic acids is 1. The van der Waals surface area contributed by atoms with Gasteiger partial charge in [0.1, 0.15) is 11.1 Å². The Labute approximate surface area is 124 Å². The van der Waals surface area contributed by atoms with Gasteiger partial charge in [0, 0.05) is 13.6 Å². The molecule has 0 aromatic carbocycles. The van der Waals surface area contributed by atoms with Crippen LogP contribution in [0.1, 0.15) is 37.1 Å². The molecule has 1 unspecified atom stereocenters. The molecule has 1 aliphatic heterocycles. The molecular weight excluding hydrogens is 292 g/mol. The number of hydrogen-bond donors (Lipinski definition) is 0. The van der Waals surface area contributed by atoms with E-state index in [9.17, 15) is 13.2 Å². The highest BCUT2D eigenvalue weighted by atomic mass is 32.2. The average Bonchev–Trinajstić information content (AvgIpc) is 2.58. The number of rotatable bonds is 3. The van der Waals surface area contributed by atoms with Crippen LogP contribution in [-0.2, 0) is 21.9 Å². The van der Waals surface area contributed by atoms with E-state index < -0.39 is 16.2 Å². The third kappa shape index (κ3) is 2.92. The monoisotopic (exact) mass is 312 g/mol. The van der Waals surface area contributed by atoms with Crippen molar-refractivity contribution in [3.63, 3.8) is 0 Å². The summed E-state index contributed by atoms with van der Waals surface area (Å²) in [7, 11) is -2.01. The van der Waals surface area contributed by atoms with Gasteiger partial charge in [0.25, 0.3) is 0 Å². The van der Waals surface area contributed by atoms with Crippen LogP contribution in [0.4, 0.5) is 0 Å². The Hall–Kier alpha value is -1.50. The molecule has 116 valence electrons. The molecule has 0 spiro atoms. The van der Waals surface area contributed by atoms with Gasteiger partial charge in [0.05, 0.1) is 11.4 Å². The van der Waals surface area contributed by atoms with Crippen LogP contribution in [0, 0.1) is 13.8 Å². The highest BCUT2D eigenvalue weighted by Crippen LogP contribution is 2.28. The minimum absolute atomic E-state index is 0.220. The fourth-order valence-corrected chi connectivity index (χ4v) is 4.78. The molecule has 0 saturated carbocycles.